The van der Waals surface area contributed by atoms with E-state index in [0.717, 1.165) is 5.76 Å². The first-order valence-electron chi connectivity index (χ1n) is 5.80. The van der Waals surface area contributed by atoms with Gasteiger partial charge in [-0.2, -0.15) is 5.10 Å². The van der Waals surface area contributed by atoms with Crippen molar-refractivity contribution in [3.63, 3.8) is 0 Å². The summed E-state index contributed by atoms with van der Waals surface area (Å²) in [5, 5.41) is 6.86. The van der Waals surface area contributed by atoms with Crippen molar-refractivity contribution < 1.29 is 9.21 Å². The molecule has 0 aliphatic rings. The van der Waals surface area contributed by atoms with E-state index in [4.69, 9.17) is 4.42 Å². The molecule has 0 radical (unpaired) electrons. The Bertz CT molecular complexity index is 526. The minimum atomic E-state index is -0.235. The molecule has 0 spiro atoms. The molecule has 96 valence electrons. The maximum absolute atomic E-state index is 11.9. The highest BCUT2D eigenvalue weighted by Crippen LogP contribution is 2.22. The van der Waals surface area contributed by atoms with Crippen LogP contribution in [0.25, 0.3) is 0 Å². The highest BCUT2D eigenvalue weighted by molar-refractivity contribution is 5.93. The fraction of sp³-hybridized carbons (Fsp3) is 0.385. The Balaban J connectivity index is 1.98. The maximum atomic E-state index is 11.9. The lowest BCUT2D eigenvalue weighted by Crippen LogP contribution is -2.36. The third-order valence-electron chi connectivity index (χ3n) is 2.85. The number of carbonyl (C=O) groups is 1. The summed E-state index contributed by atoms with van der Waals surface area (Å²) in [6, 6.07) is 3.76. The second kappa shape index (κ2) is 4.68. The molecular weight excluding hydrogens is 230 g/mol. The quantitative estimate of drug-likeness (QED) is 0.895. The Morgan fingerprint density at radius 3 is 2.89 bits per heavy atom. The number of rotatable bonds is 4. The van der Waals surface area contributed by atoms with Gasteiger partial charge in [0, 0.05) is 25.2 Å². The summed E-state index contributed by atoms with van der Waals surface area (Å²) in [6.07, 6.45) is 4.88. The normalized spacial score (nSPS) is 11.5. The zero-order valence-corrected chi connectivity index (χ0v) is 10.8. The third-order valence-corrected chi connectivity index (χ3v) is 2.85. The first-order chi connectivity index (χ1) is 8.49. The van der Waals surface area contributed by atoms with Crippen molar-refractivity contribution in [2.75, 3.05) is 6.54 Å². The zero-order valence-electron chi connectivity index (χ0n) is 10.8. The number of furan rings is 1. The lowest BCUT2D eigenvalue weighted by molar-refractivity contribution is 0.0944. The molecule has 0 bridgehead atoms. The van der Waals surface area contributed by atoms with Crippen molar-refractivity contribution >= 4 is 5.91 Å². The Morgan fingerprint density at radius 2 is 2.33 bits per heavy atom. The number of hydrogen-bond acceptors (Lipinski definition) is 3. The van der Waals surface area contributed by atoms with Crippen LogP contribution < -0.4 is 5.32 Å². The molecule has 1 N–H and O–H groups in total. The molecule has 0 unspecified atom stereocenters. The number of amides is 1. The largest absolute Gasteiger partial charge is 0.469 e. The van der Waals surface area contributed by atoms with E-state index in [1.165, 1.54) is 0 Å². The Labute approximate surface area is 106 Å². The average molecular weight is 247 g/mol. The Hall–Kier alpha value is -2.04. The van der Waals surface area contributed by atoms with Gasteiger partial charge in [-0.15, -0.1) is 0 Å². The van der Waals surface area contributed by atoms with Gasteiger partial charge in [0.05, 0.1) is 18.0 Å². The molecule has 5 nitrogen and oxygen atoms in total. The molecule has 0 atom stereocenters. The van der Waals surface area contributed by atoms with Crippen LogP contribution in [0.4, 0.5) is 0 Å². The molecule has 2 aromatic rings. The van der Waals surface area contributed by atoms with E-state index < -0.39 is 0 Å². The molecule has 0 aromatic carbocycles. The summed E-state index contributed by atoms with van der Waals surface area (Å²) in [6.45, 7) is 4.55. The smallest absolute Gasteiger partial charge is 0.254 e. The molecule has 2 heterocycles. The standard InChI is InChI=1S/C13H17N3O2/c1-13(2,11-5-4-6-18-11)9-14-12(17)10-7-15-16(3)8-10/h4-8H,9H2,1-3H3,(H,14,17). The van der Waals surface area contributed by atoms with Gasteiger partial charge in [0.25, 0.3) is 5.91 Å². The van der Waals surface area contributed by atoms with Gasteiger partial charge >= 0.3 is 0 Å². The predicted molar refractivity (Wildman–Crippen MR) is 67.3 cm³/mol. The monoisotopic (exact) mass is 247 g/mol. The summed E-state index contributed by atoms with van der Waals surface area (Å²) in [4.78, 5) is 11.9. The molecule has 2 rings (SSSR count). The van der Waals surface area contributed by atoms with E-state index >= 15 is 0 Å². The third kappa shape index (κ3) is 2.61. The van der Waals surface area contributed by atoms with Gasteiger partial charge in [-0.1, -0.05) is 13.8 Å². The van der Waals surface area contributed by atoms with Crippen molar-refractivity contribution in [2.45, 2.75) is 19.3 Å². The van der Waals surface area contributed by atoms with Crippen molar-refractivity contribution in [1.29, 1.82) is 0 Å². The lowest BCUT2D eigenvalue weighted by atomic mass is 9.90. The van der Waals surface area contributed by atoms with Gasteiger partial charge in [-0.25, -0.2) is 0 Å². The van der Waals surface area contributed by atoms with Crippen LogP contribution >= 0.6 is 0 Å². The van der Waals surface area contributed by atoms with Gasteiger partial charge < -0.3 is 9.73 Å². The molecule has 1 amide bonds. The number of carbonyl (C=O) groups excluding carboxylic acids is 1. The van der Waals surface area contributed by atoms with Crippen LogP contribution in [0.1, 0.15) is 30.0 Å². The topological polar surface area (TPSA) is 60.1 Å². The van der Waals surface area contributed by atoms with E-state index in [1.807, 2.05) is 26.0 Å². The zero-order chi connectivity index (χ0) is 13.2. The van der Waals surface area contributed by atoms with Crippen LogP contribution in [0.2, 0.25) is 0 Å². The van der Waals surface area contributed by atoms with Gasteiger partial charge in [0.1, 0.15) is 5.76 Å². The van der Waals surface area contributed by atoms with E-state index in [0.29, 0.717) is 12.1 Å². The summed E-state index contributed by atoms with van der Waals surface area (Å²) >= 11 is 0. The minimum absolute atomic E-state index is 0.122. The molecule has 18 heavy (non-hydrogen) atoms. The summed E-state index contributed by atoms with van der Waals surface area (Å²) in [5.74, 6) is 0.733. The Kier molecular flexibility index (Phi) is 3.23. The minimum Gasteiger partial charge on any atom is -0.469 e. The Morgan fingerprint density at radius 1 is 1.56 bits per heavy atom. The van der Waals surface area contributed by atoms with Gasteiger partial charge in [0.15, 0.2) is 0 Å². The van der Waals surface area contributed by atoms with Crippen molar-refractivity contribution in [3.8, 4) is 0 Å². The molecule has 2 aromatic heterocycles. The van der Waals surface area contributed by atoms with Crippen LogP contribution in [0.5, 0.6) is 0 Å². The molecule has 0 saturated heterocycles. The van der Waals surface area contributed by atoms with Gasteiger partial charge in [0.2, 0.25) is 0 Å². The molecular formula is C13H17N3O2. The number of nitrogens with zero attached hydrogens (tertiary/aromatic N) is 2. The van der Waals surface area contributed by atoms with E-state index in [2.05, 4.69) is 10.4 Å². The van der Waals surface area contributed by atoms with Crippen LogP contribution in [0.3, 0.4) is 0 Å². The summed E-state index contributed by atoms with van der Waals surface area (Å²) in [7, 11) is 1.78. The van der Waals surface area contributed by atoms with E-state index in [1.54, 1.807) is 30.4 Å². The van der Waals surface area contributed by atoms with Crippen LogP contribution in [0, 0.1) is 0 Å². The average Bonchev–Trinajstić information content (AvgIpc) is 2.96. The molecule has 0 aliphatic heterocycles. The number of aromatic nitrogens is 2. The van der Waals surface area contributed by atoms with E-state index in [9.17, 15) is 4.79 Å². The predicted octanol–water partition coefficient (Wildman–Crippen LogP) is 1.72. The highest BCUT2D eigenvalue weighted by Gasteiger charge is 2.24. The second-order valence-corrected chi connectivity index (χ2v) is 4.95. The van der Waals surface area contributed by atoms with Crippen molar-refractivity contribution in [1.82, 2.24) is 15.1 Å². The lowest BCUT2D eigenvalue weighted by Gasteiger charge is -2.22. The van der Waals surface area contributed by atoms with Crippen LogP contribution in [-0.2, 0) is 12.5 Å². The van der Waals surface area contributed by atoms with Gasteiger partial charge in [-0.3, -0.25) is 9.48 Å². The number of nitrogens with one attached hydrogen (secondary N) is 1. The molecule has 0 saturated carbocycles. The summed E-state index contributed by atoms with van der Waals surface area (Å²) in [5.41, 5.74) is 0.328. The first kappa shape index (κ1) is 12.4. The molecule has 0 fully saturated rings. The summed E-state index contributed by atoms with van der Waals surface area (Å²) < 4.78 is 6.98. The van der Waals surface area contributed by atoms with Crippen molar-refractivity contribution in [2.24, 2.45) is 7.05 Å². The molecule has 0 aliphatic carbocycles. The maximum Gasteiger partial charge on any atom is 0.254 e. The van der Waals surface area contributed by atoms with Crippen LogP contribution in [0.15, 0.2) is 35.2 Å². The highest BCUT2D eigenvalue weighted by atomic mass is 16.3. The van der Waals surface area contributed by atoms with E-state index in [-0.39, 0.29) is 11.3 Å². The number of aryl methyl sites for hydroxylation is 1. The first-order valence-corrected chi connectivity index (χ1v) is 5.80. The molecule has 5 heteroatoms. The number of hydrogen-bond donors (Lipinski definition) is 1. The fourth-order valence-corrected chi connectivity index (χ4v) is 1.69. The van der Waals surface area contributed by atoms with Crippen molar-refractivity contribution in [3.05, 3.63) is 42.1 Å². The SMILES string of the molecule is Cn1cc(C(=O)NCC(C)(C)c2ccco2)cn1. The second-order valence-electron chi connectivity index (χ2n) is 4.95. The fourth-order valence-electron chi connectivity index (χ4n) is 1.69. The van der Waals surface area contributed by atoms with Crippen LogP contribution in [-0.4, -0.2) is 22.2 Å². The van der Waals surface area contributed by atoms with Gasteiger partial charge in [-0.05, 0) is 12.1 Å².